The predicted octanol–water partition coefficient (Wildman–Crippen LogP) is 1.51. The SMILES string of the molecule is CC(C)(C)C1OP(=O)(O)O1. The first kappa shape index (κ1) is 8.21. The zero-order valence-electron chi connectivity index (χ0n) is 6.20. The van der Waals surface area contributed by atoms with E-state index < -0.39 is 14.1 Å². The van der Waals surface area contributed by atoms with Gasteiger partial charge in [0.2, 0.25) is 0 Å². The van der Waals surface area contributed by atoms with Crippen molar-refractivity contribution < 1.29 is 18.5 Å². The zero-order valence-corrected chi connectivity index (χ0v) is 7.09. The molecule has 0 atom stereocenters. The summed E-state index contributed by atoms with van der Waals surface area (Å²) in [5.41, 5.74) is -0.226. The molecule has 1 rings (SSSR count). The van der Waals surface area contributed by atoms with Crippen LogP contribution in [0, 0.1) is 5.41 Å². The second kappa shape index (κ2) is 2.05. The molecular weight excluding hydrogens is 155 g/mol. The van der Waals surface area contributed by atoms with E-state index >= 15 is 0 Å². The van der Waals surface area contributed by atoms with E-state index in [0.717, 1.165) is 0 Å². The minimum absolute atomic E-state index is 0.226. The molecule has 0 radical (unpaired) electrons. The van der Waals surface area contributed by atoms with E-state index in [4.69, 9.17) is 4.89 Å². The molecule has 0 aromatic carbocycles. The van der Waals surface area contributed by atoms with Crippen LogP contribution in [-0.4, -0.2) is 11.2 Å². The van der Waals surface area contributed by atoms with Gasteiger partial charge in [0.05, 0.1) is 0 Å². The van der Waals surface area contributed by atoms with Gasteiger partial charge < -0.3 is 4.89 Å². The lowest BCUT2D eigenvalue weighted by Crippen LogP contribution is -2.37. The average Bonchev–Trinajstić information content (AvgIpc) is 1.56. The number of phosphoric acid groups is 1. The Kier molecular flexibility index (Phi) is 1.68. The van der Waals surface area contributed by atoms with Crippen molar-refractivity contribution in [2.75, 3.05) is 0 Å². The lowest BCUT2D eigenvalue weighted by molar-refractivity contribution is -0.172. The van der Waals surface area contributed by atoms with Gasteiger partial charge in [0.25, 0.3) is 0 Å². The first-order chi connectivity index (χ1) is 4.31. The summed E-state index contributed by atoms with van der Waals surface area (Å²) in [7, 11) is -3.62. The van der Waals surface area contributed by atoms with Crippen molar-refractivity contribution >= 4 is 7.82 Å². The Morgan fingerprint density at radius 3 is 1.90 bits per heavy atom. The molecule has 0 unspecified atom stereocenters. The van der Waals surface area contributed by atoms with Gasteiger partial charge in [-0.1, -0.05) is 20.8 Å². The highest BCUT2D eigenvalue weighted by Crippen LogP contribution is 2.59. The molecule has 1 saturated heterocycles. The molecule has 0 aliphatic carbocycles. The van der Waals surface area contributed by atoms with E-state index in [9.17, 15) is 4.57 Å². The fourth-order valence-electron chi connectivity index (χ4n) is 0.566. The summed E-state index contributed by atoms with van der Waals surface area (Å²) in [4.78, 5) is 8.56. The average molecular weight is 166 g/mol. The number of hydrogen-bond acceptors (Lipinski definition) is 3. The quantitative estimate of drug-likeness (QED) is 0.554. The summed E-state index contributed by atoms with van der Waals surface area (Å²) >= 11 is 0. The molecule has 0 saturated carbocycles. The predicted molar refractivity (Wildman–Crippen MR) is 35.2 cm³/mol. The molecule has 60 valence electrons. The third-order valence-electron chi connectivity index (χ3n) is 1.16. The molecule has 1 fully saturated rings. The lowest BCUT2D eigenvalue weighted by Gasteiger charge is -2.38. The second-order valence-electron chi connectivity index (χ2n) is 3.38. The number of hydrogen-bond donors (Lipinski definition) is 1. The Bertz CT molecular complexity index is 173. The molecule has 0 aromatic rings. The molecule has 0 amide bonds. The van der Waals surface area contributed by atoms with Gasteiger partial charge in [-0.15, -0.1) is 0 Å². The Labute approximate surface area is 59.8 Å². The van der Waals surface area contributed by atoms with Crippen molar-refractivity contribution in [2.24, 2.45) is 5.41 Å². The van der Waals surface area contributed by atoms with E-state index in [1.54, 1.807) is 0 Å². The fraction of sp³-hybridized carbons (Fsp3) is 1.00. The minimum atomic E-state index is -3.62. The van der Waals surface area contributed by atoms with Crippen LogP contribution in [0.4, 0.5) is 0 Å². The molecule has 1 aliphatic rings. The molecule has 10 heavy (non-hydrogen) atoms. The summed E-state index contributed by atoms with van der Waals surface area (Å²) in [6.45, 7) is 5.62. The maximum Gasteiger partial charge on any atom is 0.476 e. The van der Waals surface area contributed by atoms with Crippen molar-refractivity contribution in [1.29, 1.82) is 0 Å². The van der Waals surface area contributed by atoms with Crippen LogP contribution in [0.25, 0.3) is 0 Å². The van der Waals surface area contributed by atoms with Crippen LogP contribution < -0.4 is 0 Å². The zero-order chi connectivity index (χ0) is 7.99. The molecule has 5 heteroatoms. The van der Waals surface area contributed by atoms with Crippen molar-refractivity contribution in [1.82, 2.24) is 0 Å². The van der Waals surface area contributed by atoms with E-state index in [0.29, 0.717) is 0 Å². The molecule has 1 heterocycles. The minimum Gasteiger partial charge on any atom is -0.302 e. The largest absolute Gasteiger partial charge is 0.476 e. The smallest absolute Gasteiger partial charge is 0.302 e. The highest BCUT2D eigenvalue weighted by Gasteiger charge is 2.47. The summed E-state index contributed by atoms with van der Waals surface area (Å²) in [6, 6.07) is 0. The van der Waals surface area contributed by atoms with Crippen molar-refractivity contribution in [3.05, 3.63) is 0 Å². The molecule has 4 nitrogen and oxygen atoms in total. The summed E-state index contributed by atoms with van der Waals surface area (Å²) in [5.74, 6) is 0. The highest BCUT2D eigenvalue weighted by atomic mass is 31.2. The van der Waals surface area contributed by atoms with Gasteiger partial charge in [0.1, 0.15) is 0 Å². The molecular formula is C5H11O4P. The van der Waals surface area contributed by atoms with E-state index in [1.807, 2.05) is 20.8 Å². The maximum absolute atomic E-state index is 10.4. The summed E-state index contributed by atoms with van der Waals surface area (Å²) in [5, 5.41) is 0. The van der Waals surface area contributed by atoms with Crippen LogP contribution in [0.2, 0.25) is 0 Å². The highest BCUT2D eigenvalue weighted by molar-refractivity contribution is 7.48. The van der Waals surface area contributed by atoms with Crippen molar-refractivity contribution in [3.63, 3.8) is 0 Å². The Morgan fingerprint density at radius 1 is 1.40 bits per heavy atom. The van der Waals surface area contributed by atoms with Gasteiger partial charge in [-0.3, -0.25) is 9.05 Å². The van der Waals surface area contributed by atoms with Gasteiger partial charge in [-0.2, -0.15) is 0 Å². The standard InChI is InChI=1S/C5H11O4P/c1-5(2,3)4-8-10(6,7)9-4/h4H,1-3H3,(H,6,7). The Hall–Kier alpha value is 0.110. The second-order valence-corrected chi connectivity index (χ2v) is 4.74. The molecule has 0 aromatic heterocycles. The van der Waals surface area contributed by atoms with E-state index in [1.165, 1.54) is 0 Å². The monoisotopic (exact) mass is 166 g/mol. The first-order valence-corrected chi connectivity index (χ1v) is 4.50. The van der Waals surface area contributed by atoms with Crippen LogP contribution in [-0.2, 0) is 13.6 Å². The van der Waals surface area contributed by atoms with Crippen LogP contribution in [0.15, 0.2) is 0 Å². The third-order valence-corrected chi connectivity index (χ3v) is 2.08. The van der Waals surface area contributed by atoms with Crippen LogP contribution >= 0.6 is 7.82 Å². The molecule has 1 aliphatic heterocycles. The van der Waals surface area contributed by atoms with Crippen LogP contribution in [0.3, 0.4) is 0 Å². The molecule has 1 N–H and O–H groups in total. The molecule has 0 bridgehead atoms. The lowest BCUT2D eigenvalue weighted by atomic mass is 9.96. The fourth-order valence-corrected chi connectivity index (χ4v) is 1.70. The van der Waals surface area contributed by atoms with Gasteiger partial charge in [0.15, 0.2) is 6.29 Å². The van der Waals surface area contributed by atoms with Crippen LogP contribution in [0.1, 0.15) is 20.8 Å². The Morgan fingerprint density at radius 2 is 1.80 bits per heavy atom. The van der Waals surface area contributed by atoms with Crippen LogP contribution in [0.5, 0.6) is 0 Å². The normalized spacial score (nSPS) is 41.0. The van der Waals surface area contributed by atoms with E-state index in [2.05, 4.69) is 9.05 Å². The number of phosphoric ester groups is 1. The van der Waals surface area contributed by atoms with Gasteiger partial charge in [0, 0.05) is 5.41 Å². The summed E-state index contributed by atoms with van der Waals surface area (Å²) in [6.07, 6.45) is -0.539. The van der Waals surface area contributed by atoms with Crippen molar-refractivity contribution in [3.8, 4) is 0 Å². The topological polar surface area (TPSA) is 55.8 Å². The first-order valence-electron chi connectivity index (χ1n) is 3.01. The summed E-state index contributed by atoms with van der Waals surface area (Å²) < 4.78 is 19.6. The third kappa shape index (κ3) is 1.58. The molecule has 0 spiro atoms. The number of rotatable bonds is 0. The van der Waals surface area contributed by atoms with E-state index in [-0.39, 0.29) is 5.41 Å². The maximum atomic E-state index is 10.4. The van der Waals surface area contributed by atoms with Gasteiger partial charge in [-0.25, -0.2) is 4.57 Å². The van der Waals surface area contributed by atoms with Crippen molar-refractivity contribution in [2.45, 2.75) is 27.1 Å². The van der Waals surface area contributed by atoms with Gasteiger partial charge >= 0.3 is 7.82 Å². The Balaban J connectivity index is 2.48. The van der Waals surface area contributed by atoms with Gasteiger partial charge in [-0.05, 0) is 0 Å².